The summed E-state index contributed by atoms with van der Waals surface area (Å²) >= 11 is 1.27. The maximum atomic E-state index is 13.4. The number of aromatic nitrogens is 1. The Bertz CT molecular complexity index is 893. The second-order valence-corrected chi connectivity index (χ2v) is 7.04. The van der Waals surface area contributed by atoms with Gasteiger partial charge in [-0.3, -0.25) is 9.69 Å². The third-order valence-electron chi connectivity index (χ3n) is 3.74. The molecule has 1 N–H and O–H groups in total. The zero-order chi connectivity index (χ0) is 18.0. The average molecular weight is 362 g/mol. The molecule has 3 rings (SSSR count). The maximum Gasteiger partial charge on any atom is 0.260 e. The molecule has 0 atom stereocenters. The average Bonchev–Trinajstić information content (AvgIpc) is 2.98. The van der Waals surface area contributed by atoms with Crippen molar-refractivity contribution >= 4 is 32.6 Å². The Hall–Kier alpha value is -2.38. The van der Waals surface area contributed by atoms with Crippen LogP contribution in [0.3, 0.4) is 0 Å². The van der Waals surface area contributed by atoms with Crippen LogP contribution in [0.1, 0.15) is 10.4 Å². The Morgan fingerprint density at radius 2 is 1.80 bits per heavy atom. The smallest absolute Gasteiger partial charge is 0.260 e. The predicted octanol–water partition coefficient (Wildman–Crippen LogP) is 2.37. The second-order valence-electron chi connectivity index (χ2n) is 6.03. The van der Waals surface area contributed by atoms with Gasteiger partial charge in [-0.2, -0.15) is 0 Å². The molecule has 0 spiro atoms. The summed E-state index contributed by atoms with van der Waals surface area (Å²) in [6, 6.07) is 9.80. The lowest BCUT2D eigenvalue weighted by atomic mass is 10.2. The third kappa shape index (κ3) is 4.00. The second kappa shape index (κ2) is 7.25. The van der Waals surface area contributed by atoms with Crippen LogP contribution < -0.4 is 9.80 Å². The first-order valence-corrected chi connectivity index (χ1v) is 8.68. The van der Waals surface area contributed by atoms with Crippen LogP contribution in [0.15, 0.2) is 42.5 Å². The van der Waals surface area contributed by atoms with E-state index >= 15 is 0 Å². The zero-order valence-electron chi connectivity index (χ0n) is 13.9. The van der Waals surface area contributed by atoms with Crippen molar-refractivity contribution in [1.29, 1.82) is 0 Å². The van der Waals surface area contributed by atoms with E-state index in [-0.39, 0.29) is 11.7 Å². The first-order chi connectivity index (χ1) is 11.9. The van der Waals surface area contributed by atoms with Crippen molar-refractivity contribution in [2.45, 2.75) is 0 Å². The van der Waals surface area contributed by atoms with Crippen LogP contribution in [0, 0.1) is 11.6 Å². The van der Waals surface area contributed by atoms with E-state index in [9.17, 15) is 13.6 Å². The molecule has 2 aromatic carbocycles. The minimum atomic E-state index is -0.392. The number of hydrogen-bond acceptors (Lipinski definition) is 3. The standard InChI is InChI=1S/C18H17F2N3OS/c1-22(2)9-10-23(17(24)12-3-5-13(19)6-4-12)18-21-15-8-7-14(20)11-16(15)25-18/h3-8,11H,9-10H2,1-2H3/p+1. The number of halogens is 2. The number of hydrogen-bond donors (Lipinski definition) is 1. The number of nitrogens with one attached hydrogen (secondary N) is 1. The number of quaternary nitrogens is 1. The molecule has 0 bridgehead atoms. The molecule has 0 saturated carbocycles. The van der Waals surface area contributed by atoms with Crippen molar-refractivity contribution < 1.29 is 18.5 Å². The highest BCUT2D eigenvalue weighted by atomic mass is 32.1. The summed E-state index contributed by atoms with van der Waals surface area (Å²) in [6.45, 7) is 1.18. The topological polar surface area (TPSA) is 37.6 Å². The Morgan fingerprint density at radius 1 is 1.12 bits per heavy atom. The van der Waals surface area contributed by atoms with E-state index in [4.69, 9.17) is 0 Å². The Morgan fingerprint density at radius 3 is 2.48 bits per heavy atom. The number of nitrogens with zero attached hydrogens (tertiary/aromatic N) is 2. The molecule has 0 aliphatic heterocycles. The van der Waals surface area contributed by atoms with E-state index in [2.05, 4.69) is 4.98 Å². The van der Waals surface area contributed by atoms with Crippen LogP contribution in [0.5, 0.6) is 0 Å². The van der Waals surface area contributed by atoms with Gasteiger partial charge in [0.25, 0.3) is 5.91 Å². The fraction of sp³-hybridized carbons (Fsp3) is 0.222. The van der Waals surface area contributed by atoms with Crippen LogP contribution >= 0.6 is 11.3 Å². The van der Waals surface area contributed by atoms with E-state index in [0.29, 0.717) is 27.5 Å². The van der Waals surface area contributed by atoms with Crippen molar-refractivity contribution in [3.8, 4) is 0 Å². The van der Waals surface area contributed by atoms with Gasteiger partial charge >= 0.3 is 0 Å². The first-order valence-electron chi connectivity index (χ1n) is 7.86. The number of carbonyl (C=O) groups is 1. The summed E-state index contributed by atoms with van der Waals surface area (Å²) in [6.07, 6.45) is 0. The lowest BCUT2D eigenvalue weighted by Crippen LogP contribution is -3.06. The van der Waals surface area contributed by atoms with Gasteiger partial charge in [0.05, 0.1) is 37.4 Å². The van der Waals surface area contributed by atoms with Crippen LogP contribution in [-0.2, 0) is 0 Å². The van der Waals surface area contributed by atoms with Crippen molar-refractivity contribution in [3.05, 3.63) is 59.7 Å². The Labute approximate surface area is 148 Å². The molecule has 4 nitrogen and oxygen atoms in total. The molecule has 0 aliphatic rings. The lowest BCUT2D eigenvalue weighted by Gasteiger charge is -2.20. The number of likely N-dealkylation sites (N-methyl/N-ethyl adjacent to an activating group) is 1. The molecule has 1 heterocycles. The molecule has 0 radical (unpaired) electrons. The van der Waals surface area contributed by atoms with Gasteiger partial charge in [0.15, 0.2) is 5.13 Å². The summed E-state index contributed by atoms with van der Waals surface area (Å²) in [5, 5.41) is 0.510. The maximum absolute atomic E-state index is 13.4. The Kier molecular flexibility index (Phi) is 5.06. The van der Waals surface area contributed by atoms with Gasteiger partial charge in [-0.1, -0.05) is 11.3 Å². The zero-order valence-corrected chi connectivity index (χ0v) is 14.7. The van der Waals surface area contributed by atoms with Gasteiger partial charge in [-0.05, 0) is 42.5 Å². The van der Waals surface area contributed by atoms with Gasteiger partial charge in [0, 0.05) is 5.56 Å². The van der Waals surface area contributed by atoms with E-state index in [0.717, 1.165) is 6.54 Å². The normalized spacial score (nSPS) is 11.2. The van der Waals surface area contributed by atoms with Crippen LogP contribution in [0.2, 0.25) is 0 Å². The van der Waals surface area contributed by atoms with Crippen molar-refractivity contribution in [2.75, 3.05) is 32.1 Å². The molecular weight excluding hydrogens is 344 g/mol. The summed E-state index contributed by atoms with van der Waals surface area (Å²) in [7, 11) is 3.99. The van der Waals surface area contributed by atoms with E-state index in [1.165, 1.54) is 52.6 Å². The number of amides is 1. The summed E-state index contributed by atoms with van der Waals surface area (Å²) in [5.74, 6) is -0.978. The fourth-order valence-electron chi connectivity index (χ4n) is 2.37. The molecule has 7 heteroatoms. The molecule has 0 fully saturated rings. The monoisotopic (exact) mass is 362 g/mol. The van der Waals surface area contributed by atoms with Gasteiger partial charge in [-0.25, -0.2) is 13.8 Å². The van der Waals surface area contributed by atoms with Gasteiger partial charge < -0.3 is 4.90 Å². The molecule has 1 amide bonds. The van der Waals surface area contributed by atoms with E-state index in [1.807, 2.05) is 14.1 Å². The summed E-state index contributed by atoms with van der Waals surface area (Å²) in [4.78, 5) is 20.1. The SMILES string of the molecule is C[NH+](C)CCN(C(=O)c1ccc(F)cc1)c1nc2ccc(F)cc2s1. The van der Waals surface area contributed by atoms with Crippen LogP contribution in [0.25, 0.3) is 10.2 Å². The lowest BCUT2D eigenvalue weighted by molar-refractivity contribution is -0.856. The molecule has 0 saturated heterocycles. The molecular formula is C18H18F2N3OS+. The largest absolute Gasteiger partial charge is 0.338 e. The number of rotatable bonds is 5. The van der Waals surface area contributed by atoms with Gasteiger partial charge in [0.1, 0.15) is 11.6 Å². The highest BCUT2D eigenvalue weighted by Crippen LogP contribution is 2.30. The number of benzene rings is 2. The third-order valence-corrected chi connectivity index (χ3v) is 4.78. The van der Waals surface area contributed by atoms with Gasteiger partial charge in [0.2, 0.25) is 0 Å². The number of anilines is 1. The first kappa shape index (κ1) is 17.4. The molecule has 0 aliphatic carbocycles. The van der Waals surface area contributed by atoms with Crippen molar-refractivity contribution in [2.24, 2.45) is 0 Å². The van der Waals surface area contributed by atoms with Crippen molar-refractivity contribution in [3.63, 3.8) is 0 Å². The highest BCUT2D eigenvalue weighted by Gasteiger charge is 2.22. The quantitative estimate of drug-likeness (QED) is 0.757. The number of carbonyl (C=O) groups excluding carboxylic acids is 1. The Balaban J connectivity index is 1.97. The summed E-state index contributed by atoms with van der Waals surface area (Å²) in [5.41, 5.74) is 1.04. The van der Waals surface area contributed by atoms with E-state index in [1.54, 1.807) is 11.0 Å². The predicted molar refractivity (Wildman–Crippen MR) is 95.3 cm³/mol. The number of fused-ring (bicyclic) bond motifs is 1. The highest BCUT2D eigenvalue weighted by molar-refractivity contribution is 7.22. The van der Waals surface area contributed by atoms with Gasteiger partial charge in [-0.15, -0.1) is 0 Å². The molecule has 3 aromatic rings. The molecule has 0 unspecified atom stereocenters. The van der Waals surface area contributed by atoms with Crippen molar-refractivity contribution in [1.82, 2.24) is 4.98 Å². The molecule has 130 valence electrons. The molecule has 25 heavy (non-hydrogen) atoms. The number of thiazole rings is 1. The minimum Gasteiger partial charge on any atom is -0.338 e. The minimum absolute atomic E-state index is 0.249. The van der Waals surface area contributed by atoms with Crippen LogP contribution in [-0.4, -0.2) is 38.1 Å². The molecule has 1 aromatic heterocycles. The summed E-state index contributed by atoms with van der Waals surface area (Å²) < 4.78 is 27.2. The van der Waals surface area contributed by atoms with E-state index < -0.39 is 5.82 Å². The fourth-order valence-corrected chi connectivity index (χ4v) is 3.38. The van der Waals surface area contributed by atoms with Crippen LogP contribution in [0.4, 0.5) is 13.9 Å².